The van der Waals surface area contributed by atoms with Gasteiger partial charge in [0.25, 0.3) is 0 Å². The van der Waals surface area contributed by atoms with Crippen molar-refractivity contribution in [3.05, 3.63) is 27.7 Å². The summed E-state index contributed by atoms with van der Waals surface area (Å²) in [4.78, 5) is 0. The zero-order valence-electron chi connectivity index (χ0n) is 8.76. The average molecular weight is 247 g/mol. The quantitative estimate of drug-likeness (QED) is 0.802. The maximum Gasteiger partial charge on any atom is 0.0693 e. The van der Waals surface area contributed by atoms with E-state index in [-0.39, 0.29) is 6.04 Å². The van der Waals surface area contributed by atoms with Gasteiger partial charge in [-0.05, 0) is 37.0 Å². The molecule has 0 aromatic heterocycles. The van der Waals surface area contributed by atoms with Crippen LogP contribution in [0.2, 0.25) is 10.0 Å². The molecule has 0 aliphatic rings. The average Bonchev–Trinajstić information content (AvgIpc) is 2.22. The SMILES string of the molecule is CCC(N)CCc1cc(Cl)c(N)c(Cl)c1. The fourth-order valence-electron chi connectivity index (χ4n) is 1.34. The van der Waals surface area contributed by atoms with Gasteiger partial charge in [-0.25, -0.2) is 0 Å². The van der Waals surface area contributed by atoms with E-state index >= 15 is 0 Å². The van der Waals surface area contributed by atoms with Crippen LogP contribution in [0.3, 0.4) is 0 Å². The van der Waals surface area contributed by atoms with Crippen molar-refractivity contribution in [2.24, 2.45) is 5.73 Å². The standard InChI is InChI=1S/C11H16Cl2N2/c1-2-8(14)4-3-7-5-9(12)11(15)10(13)6-7/h5-6,8H,2-4,14-15H2,1H3. The molecule has 0 spiro atoms. The number of aryl methyl sites for hydroxylation is 1. The van der Waals surface area contributed by atoms with Crippen molar-refractivity contribution in [1.82, 2.24) is 0 Å². The van der Waals surface area contributed by atoms with Gasteiger partial charge in [0.15, 0.2) is 0 Å². The molecule has 2 nitrogen and oxygen atoms in total. The fourth-order valence-corrected chi connectivity index (χ4v) is 1.87. The van der Waals surface area contributed by atoms with Crippen molar-refractivity contribution >= 4 is 28.9 Å². The van der Waals surface area contributed by atoms with Crippen molar-refractivity contribution in [2.75, 3.05) is 5.73 Å². The molecule has 4 heteroatoms. The summed E-state index contributed by atoms with van der Waals surface area (Å²) in [6, 6.07) is 3.94. The van der Waals surface area contributed by atoms with E-state index in [1.54, 1.807) is 0 Å². The molecular formula is C11H16Cl2N2. The van der Waals surface area contributed by atoms with Crippen molar-refractivity contribution < 1.29 is 0 Å². The summed E-state index contributed by atoms with van der Waals surface area (Å²) < 4.78 is 0. The number of hydrogen-bond donors (Lipinski definition) is 2. The predicted molar refractivity (Wildman–Crippen MR) is 67.5 cm³/mol. The highest BCUT2D eigenvalue weighted by atomic mass is 35.5. The molecule has 0 heterocycles. The molecule has 0 fully saturated rings. The van der Waals surface area contributed by atoms with Gasteiger partial charge >= 0.3 is 0 Å². The second kappa shape index (κ2) is 5.59. The zero-order chi connectivity index (χ0) is 11.4. The van der Waals surface area contributed by atoms with Gasteiger partial charge in [-0.15, -0.1) is 0 Å². The van der Waals surface area contributed by atoms with Crippen LogP contribution in [0.25, 0.3) is 0 Å². The van der Waals surface area contributed by atoms with Crippen LogP contribution >= 0.6 is 23.2 Å². The lowest BCUT2D eigenvalue weighted by molar-refractivity contribution is 0.596. The van der Waals surface area contributed by atoms with Gasteiger partial charge in [0.05, 0.1) is 15.7 Å². The third-order valence-electron chi connectivity index (χ3n) is 2.47. The van der Waals surface area contributed by atoms with E-state index in [1.807, 2.05) is 12.1 Å². The van der Waals surface area contributed by atoms with Crippen molar-refractivity contribution in [1.29, 1.82) is 0 Å². The number of anilines is 1. The topological polar surface area (TPSA) is 52.0 Å². The largest absolute Gasteiger partial charge is 0.396 e. The first kappa shape index (κ1) is 12.6. The Morgan fingerprint density at radius 2 is 1.80 bits per heavy atom. The Kier molecular flexibility index (Phi) is 4.71. The Hall–Kier alpha value is -0.440. The Bertz CT molecular complexity index is 316. The summed E-state index contributed by atoms with van der Waals surface area (Å²) in [6.45, 7) is 2.08. The van der Waals surface area contributed by atoms with E-state index in [0.29, 0.717) is 15.7 Å². The zero-order valence-corrected chi connectivity index (χ0v) is 10.3. The van der Waals surface area contributed by atoms with Crippen LogP contribution in [0, 0.1) is 0 Å². The molecule has 4 N–H and O–H groups in total. The summed E-state index contributed by atoms with van der Waals surface area (Å²) in [6.07, 6.45) is 2.80. The number of rotatable bonds is 4. The first-order valence-electron chi connectivity index (χ1n) is 5.03. The molecule has 0 amide bonds. The first-order valence-corrected chi connectivity index (χ1v) is 5.79. The number of hydrogen-bond acceptors (Lipinski definition) is 2. The molecular weight excluding hydrogens is 231 g/mol. The lowest BCUT2D eigenvalue weighted by Crippen LogP contribution is -2.19. The van der Waals surface area contributed by atoms with Crippen LogP contribution in [0.5, 0.6) is 0 Å². The molecule has 0 aliphatic carbocycles. The van der Waals surface area contributed by atoms with Crippen molar-refractivity contribution in [3.63, 3.8) is 0 Å². The van der Waals surface area contributed by atoms with E-state index in [4.69, 9.17) is 34.7 Å². The number of nitrogen functional groups attached to an aromatic ring is 1. The third kappa shape index (κ3) is 3.56. The van der Waals surface area contributed by atoms with Crippen LogP contribution in [-0.2, 0) is 6.42 Å². The number of nitrogens with two attached hydrogens (primary N) is 2. The van der Waals surface area contributed by atoms with E-state index in [9.17, 15) is 0 Å². The maximum atomic E-state index is 5.93. The van der Waals surface area contributed by atoms with Gasteiger partial charge in [0.2, 0.25) is 0 Å². The Labute approximate surface area is 101 Å². The predicted octanol–water partition coefficient (Wildman–Crippen LogP) is 3.25. The van der Waals surface area contributed by atoms with Crippen LogP contribution in [-0.4, -0.2) is 6.04 Å². The van der Waals surface area contributed by atoms with E-state index in [1.165, 1.54) is 0 Å². The lowest BCUT2D eigenvalue weighted by atomic mass is 10.0. The molecule has 0 saturated heterocycles. The van der Waals surface area contributed by atoms with Gasteiger partial charge in [0.1, 0.15) is 0 Å². The van der Waals surface area contributed by atoms with E-state index < -0.39 is 0 Å². The Balaban J connectivity index is 2.70. The summed E-state index contributed by atoms with van der Waals surface area (Å²) >= 11 is 11.9. The molecule has 1 aromatic rings. The second-order valence-corrected chi connectivity index (χ2v) is 4.49. The maximum absolute atomic E-state index is 5.93. The van der Waals surface area contributed by atoms with E-state index in [2.05, 4.69) is 6.92 Å². The van der Waals surface area contributed by atoms with Crippen LogP contribution in [0.15, 0.2) is 12.1 Å². The smallest absolute Gasteiger partial charge is 0.0693 e. The molecule has 1 atom stereocenters. The molecule has 0 bridgehead atoms. The highest BCUT2D eigenvalue weighted by molar-refractivity contribution is 6.38. The highest BCUT2D eigenvalue weighted by Crippen LogP contribution is 2.29. The minimum atomic E-state index is 0.236. The number of benzene rings is 1. The van der Waals surface area contributed by atoms with Crippen LogP contribution in [0.1, 0.15) is 25.3 Å². The van der Waals surface area contributed by atoms with Gasteiger partial charge in [-0.2, -0.15) is 0 Å². The molecule has 15 heavy (non-hydrogen) atoms. The molecule has 0 radical (unpaired) electrons. The molecule has 1 rings (SSSR count). The van der Waals surface area contributed by atoms with E-state index in [0.717, 1.165) is 24.8 Å². The molecule has 84 valence electrons. The van der Waals surface area contributed by atoms with Crippen molar-refractivity contribution in [3.8, 4) is 0 Å². The lowest BCUT2D eigenvalue weighted by Gasteiger charge is -2.10. The first-order chi connectivity index (χ1) is 7.04. The fraction of sp³-hybridized carbons (Fsp3) is 0.455. The molecule has 0 aliphatic heterocycles. The Morgan fingerprint density at radius 1 is 1.27 bits per heavy atom. The third-order valence-corrected chi connectivity index (χ3v) is 3.09. The highest BCUT2D eigenvalue weighted by Gasteiger charge is 2.06. The van der Waals surface area contributed by atoms with Crippen molar-refractivity contribution in [2.45, 2.75) is 32.2 Å². The summed E-state index contributed by atoms with van der Waals surface area (Å²) in [5, 5.41) is 1.03. The normalized spacial score (nSPS) is 12.8. The minimum absolute atomic E-state index is 0.236. The van der Waals surface area contributed by atoms with Gasteiger partial charge < -0.3 is 11.5 Å². The van der Waals surface area contributed by atoms with Crippen LogP contribution in [0.4, 0.5) is 5.69 Å². The summed E-state index contributed by atoms with van der Waals surface area (Å²) in [5.74, 6) is 0. The minimum Gasteiger partial charge on any atom is -0.396 e. The molecule has 1 aromatic carbocycles. The van der Waals surface area contributed by atoms with Crippen LogP contribution < -0.4 is 11.5 Å². The van der Waals surface area contributed by atoms with Gasteiger partial charge in [-0.3, -0.25) is 0 Å². The summed E-state index contributed by atoms with van der Waals surface area (Å²) in [5.41, 5.74) is 13.0. The van der Waals surface area contributed by atoms with Gasteiger partial charge in [0, 0.05) is 6.04 Å². The Morgan fingerprint density at radius 3 is 2.27 bits per heavy atom. The van der Waals surface area contributed by atoms with Gasteiger partial charge in [-0.1, -0.05) is 30.1 Å². The molecule has 0 saturated carbocycles. The molecule has 1 unspecified atom stereocenters. The monoisotopic (exact) mass is 246 g/mol. The second-order valence-electron chi connectivity index (χ2n) is 3.68. The summed E-state index contributed by atoms with van der Waals surface area (Å²) in [7, 11) is 0. The number of halogens is 2.